The Morgan fingerprint density at radius 1 is 0.739 bits per heavy atom. The molecule has 0 aliphatic carbocycles. The number of imide groups is 1. The maximum atomic E-state index is 12.6. The summed E-state index contributed by atoms with van der Waals surface area (Å²) < 4.78 is 0. The van der Waals surface area contributed by atoms with E-state index in [9.17, 15) is 14.4 Å². The van der Waals surface area contributed by atoms with E-state index in [1.807, 2.05) is 0 Å². The molecule has 0 spiro atoms. The van der Waals surface area contributed by atoms with Crippen LogP contribution in [-0.4, -0.2) is 18.1 Å². The topological polar surface area (TPSA) is 54.5 Å². The van der Waals surface area contributed by atoms with Gasteiger partial charge in [-0.15, -0.1) is 0 Å². The third-order valence-corrected chi connectivity index (χ3v) is 5.19. The zero-order valence-electron chi connectivity index (χ0n) is 11.1. The first-order valence-electron chi connectivity index (χ1n) is 6.18. The lowest BCUT2D eigenvalue weighted by Gasteiger charge is -2.13. The molecule has 1 heterocycles. The minimum absolute atomic E-state index is 0.0867. The molecule has 2 amide bonds. The highest BCUT2D eigenvalue weighted by Crippen LogP contribution is 2.45. The number of benzene rings is 2. The van der Waals surface area contributed by atoms with E-state index in [1.165, 1.54) is 24.3 Å². The van der Waals surface area contributed by atoms with Gasteiger partial charge in [-0.05, 0) is 24.3 Å². The number of aldehydes is 1. The van der Waals surface area contributed by atoms with E-state index in [2.05, 4.69) is 0 Å². The summed E-state index contributed by atoms with van der Waals surface area (Å²) in [6.45, 7) is 0. The van der Waals surface area contributed by atoms with Crippen molar-refractivity contribution in [2.45, 2.75) is 0 Å². The zero-order valence-corrected chi connectivity index (χ0v) is 14.1. The second-order valence-corrected chi connectivity index (χ2v) is 6.17. The van der Waals surface area contributed by atoms with Crippen LogP contribution in [0, 0.1) is 0 Å². The van der Waals surface area contributed by atoms with Crippen molar-refractivity contribution in [2.24, 2.45) is 0 Å². The Kier molecular flexibility index (Phi) is 4.10. The van der Waals surface area contributed by atoms with Crippen LogP contribution in [0.1, 0.15) is 31.1 Å². The Morgan fingerprint density at radius 2 is 1.17 bits per heavy atom. The van der Waals surface area contributed by atoms with Crippen molar-refractivity contribution in [3.05, 3.63) is 61.0 Å². The smallest absolute Gasteiger partial charge is 0.267 e. The lowest BCUT2D eigenvalue weighted by Crippen LogP contribution is -2.29. The van der Waals surface area contributed by atoms with Gasteiger partial charge in [-0.2, -0.15) is 0 Å². The molecule has 0 atom stereocenters. The molecule has 1 aliphatic rings. The van der Waals surface area contributed by atoms with Crippen molar-refractivity contribution >= 4 is 70.2 Å². The predicted molar refractivity (Wildman–Crippen MR) is 89.5 cm³/mol. The Morgan fingerprint density at radius 3 is 1.57 bits per heavy atom. The summed E-state index contributed by atoms with van der Waals surface area (Å²) in [4.78, 5) is 36.8. The standard InChI is InChI=1S/C15H5Cl4NO3/c16-10-8-9(11(17)13(19)12(10)18)15(23)20(14(8)22)7-3-1-6(5-21)2-4-7/h1-5H. The highest BCUT2D eigenvalue weighted by Gasteiger charge is 2.42. The second kappa shape index (κ2) is 5.80. The van der Waals surface area contributed by atoms with Crippen molar-refractivity contribution in [1.29, 1.82) is 0 Å². The van der Waals surface area contributed by atoms with E-state index in [-0.39, 0.29) is 36.9 Å². The summed E-state index contributed by atoms with van der Waals surface area (Å²) in [5.41, 5.74) is 0.514. The molecule has 8 heteroatoms. The molecule has 0 saturated carbocycles. The van der Waals surface area contributed by atoms with Crippen molar-refractivity contribution in [2.75, 3.05) is 4.90 Å². The van der Waals surface area contributed by atoms with Gasteiger partial charge in [-0.25, -0.2) is 4.90 Å². The fourth-order valence-electron chi connectivity index (χ4n) is 2.29. The van der Waals surface area contributed by atoms with Gasteiger partial charge < -0.3 is 0 Å². The number of hydrogen-bond donors (Lipinski definition) is 0. The molecule has 23 heavy (non-hydrogen) atoms. The molecule has 116 valence electrons. The van der Waals surface area contributed by atoms with E-state index in [1.54, 1.807) is 0 Å². The quantitative estimate of drug-likeness (QED) is 0.317. The average molecular weight is 389 g/mol. The van der Waals surface area contributed by atoms with Crippen molar-refractivity contribution in [1.82, 2.24) is 0 Å². The number of anilines is 1. The first-order chi connectivity index (χ1) is 10.9. The van der Waals surface area contributed by atoms with Crippen LogP contribution in [0.2, 0.25) is 20.1 Å². The number of nitrogens with zero attached hydrogens (tertiary/aromatic N) is 1. The van der Waals surface area contributed by atoms with Crippen LogP contribution in [0.3, 0.4) is 0 Å². The molecule has 0 fully saturated rings. The minimum Gasteiger partial charge on any atom is -0.298 e. The normalized spacial score (nSPS) is 13.5. The van der Waals surface area contributed by atoms with Crippen molar-refractivity contribution < 1.29 is 14.4 Å². The largest absolute Gasteiger partial charge is 0.298 e. The van der Waals surface area contributed by atoms with Gasteiger partial charge in [0.25, 0.3) is 11.8 Å². The third-order valence-electron chi connectivity index (χ3n) is 3.39. The van der Waals surface area contributed by atoms with Gasteiger partial charge in [-0.3, -0.25) is 14.4 Å². The highest BCUT2D eigenvalue weighted by atomic mass is 35.5. The summed E-state index contributed by atoms with van der Waals surface area (Å²) in [7, 11) is 0. The first kappa shape index (κ1) is 16.3. The van der Waals surface area contributed by atoms with Gasteiger partial charge in [0.15, 0.2) is 0 Å². The molecule has 2 aromatic carbocycles. The molecule has 0 unspecified atom stereocenters. The van der Waals surface area contributed by atoms with Gasteiger partial charge >= 0.3 is 0 Å². The first-order valence-corrected chi connectivity index (χ1v) is 7.69. The van der Waals surface area contributed by atoms with Crippen LogP contribution >= 0.6 is 46.4 Å². The van der Waals surface area contributed by atoms with Gasteiger partial charge in [0.2, 0.25) is 0 Å². The second-order valence-electron chi connectivity index (χ2n) is 4.66. The SMILES string of the molecule is O=Cc1ccc(N2C(=O)c3c(Cl)c(Cl)c(Cl)c(Cl)c3C2=O)cc1. The lowest BCUT2D eigenvalue weighted by molar-refractivity contribution is 0.0926. The Bertz CT molecular complexity index is 831. The monoisotopic (exact) mass is 387 g/mol. The highest BCUT2D eigenvalue weighted by molar-refractivity contribution is 6.56. The summed E-state index contributed by atoms with van der Waals surface area (Å²) >= 11 is 24.0. The number of halogens is 4. The molecule has 4 nitrogen and oxygen atoms in total. The lowest BCUT2D eigenvalue weighted by atomic mass is 10.1. The van der Waals surface area contributed by atoms with E-state index < -0.39 is 11.8 Å². The molecule has 0 radical (unpaired) electrons. The molecule has 0 N–H and O–H groups in total. The van der Waals surface area contributed by atoms with Crippen LogP contribution in [-0.2, 0) is 0 Å². The van der Waals surface area contributed by atoms with E-state index >= 15 is 0 Å². The number of carbonyl (C=O) groups excluding carboxylic acids is 3. The molecule has 2 aromatic rings. The maximum absolute atomic E-state index is 12.6. The van der Waals surface area contributed by atoms with Crippen LogP contribution in [0.15, 0.2) is 24.3 Å². The van der Waals surface area contributed by atoms with E-state index in [0.29, 0.717) is 11.8 Å². The Balaban J connectivity index is 2.19. The van der Waals surface area contributed by atoms with E-state index in [0.717, 1.165) is 4.90 Å². The fourth-order valence-corrected chi connectivity index (χ4v) is 3.30. The van der Waals surface area contributed by atoms with Crippen LogP contribution < -0.4 is 4.90 Å². The van der Waals surface area contributed by atoms with Gasteiger partial charge in [-0.1, -0.05) is 46.4 Å². The summed E-state index contributed by atoms with van der Waals surface area (Å²) in [6, 6.07) is 5.90. The summed E-state index contributed by atoms with van der Waals surface area (Å²) in [6.07, 6.45) is 0.652. The fraction of sp³-hybridized carbons (Fsp3) is 0. The number of fused-ring (bicyclic) bond motifs is 1. The third kappa shape index (κ3) is 2.34. The van der Waals surface area contributed by atoms with Gasteiger partial charge in [0, 0.05) is 5.56 Å². The van der Waals surface area contributed by atoms with Crippen LogP contribution in [0.5, 0.6) is 0 Å². The molecule has 0 saturated heterocycles. The van der Waals surface area contributed by atoms with Gasteiger partial charge in [0.05, 0.1) is 36.9 Å². The molecular formula is C15H5Cl4NO3. The Hall–Kier alpha value is -1.59. The number of rotatable bonds is 2. The van der Waals surface area contributed by atoms with Crippen molar-refractivity contribution in [3.63, 3.8) is 0 Å². The minimum atomic E-state index is -0.658. The van der Waals surface area contributed by atoms with Gasteiger partial charge in [0.1, 0.15) is 6.29 Å². The zero-order chi connectivity index (χ0) is 16.9. The molecular weight excluding hydrogens is 384 g/mol. The average Bonchev–Trinajstić information content (AvgIpc) is 2.82. The van der Waals surface area contributed by atoms with Crippen molar-refractivity contribution in [3.8, 4) is 0 Å². The number of carbonyl (C=O) groups is 3. The summed E-state index contributed by atoms with van der Waals surface area (Å²) in [5.74, 6) is -1.32. The predicted octanol–water partition coefficient (Wildman–Crippen LogP) is 4.91. The van der Waals surface area contributed by atoms with E-state index in [4.69, 9.17) is 46.4 Å². The maximum Gasteiger partial charge on any atom is 0.267 e. The summed E-state index contributed by atoms with van der Waals surface area (Å²) in [5, 5.41) is -0.421. The Labute approximate surface area is 150 Å². The molecule has 0 bridgehead atoms. The number of hydrogen-bond acceptors (Lipinski definition) is 3. The van der Waals surface area contributed by atoms with Crippen LogP contribution in [0.25, 0.3) is 0 Å². The molecule has 0 aromatic heterocycles. The number of amides is 2. The molecule has 3 rings (SSSR count). The molecule has 1 aliphatic heterocycles. The van der Waals surface area contributed by atoms with Crippen LogP contribution in [0.4, 0.5) is 5.69 Å².